The first-order chi connectivity index (χ1) is 8.06. The van der Waals surface area contributed by atoms with Crippen LogP contribution in [-0.4, -0.2) is 36.2 Å². The van der Waals surface area contributed by atoms with Crippen LogP contribution in [0.1, 0.15) is 0 Å². The van der Waals surface area contributed by atoms with Crippen LogP contribution in [-0.2, 0) is 14.3 Å². The van der Waals surface area contributed by atoms with Gasteiger partial charge >= 0.3 is 5.97 Å². The number of anilines is 1. The predicted molar refractivity (Wildman–Crippen MR) is 56.1 cm³/mol. The molecule has 5 nitrogen and oxygen atoms in total. The van der Waals surface area contributed by atoms with Crippen molar-refractivity contribution < 1.29 is 23.8 Å². The van der Waals surface area contributed by atoms with Gasteiger partial charge in [-0.15, -0.1) is 0 Å². The first-order valence-corrected chi connectivity index (χ1v) is 4.90. The molecule has 0 radical (unpaired) electrons. The minimum Gasteiger partial charge on any atom is -0.480 e. The summed E-state index contributed by atoms with van der Waals surface area (Å²) in [6.45, 7) is 0. The Bertz CT molecular complexity index is 476. The molecule has 90 valence electrons. The first-order valence-electron chi connectivity index (χ1n) is 4.90. The number of hydrogen-bond acceptors (Lipinski definition) is 3. The first kappa shape index (κ1) is 11.5. The smallest absolute Gasteiger partial charge is 0.330 e. The highest BCUT2D eigenvalue weighted by molar-refractivity contribution is 6.12. The molecule has 0 bridgehead atoms. The van der Waals surface area contributed by atoms with E-state index < -0.39 is 29.8 Å². The van der Waals surface area contributed by atoms with Crippen LogP contribution in [0.3, 0.4) is 0 Å². The van der Waals surface area contributed by atoms with Gasteiger partial charge in [0.25, 0.3) is 5.91 Å². The highest BCUT2D eigenvalue weighted by atomic mass is 19.1. The van der Waals surface area contributed by atoms with Gasteiger partial charge in [0, 0.05) is 12.8 Å². The molecule has 1 fully saturated rings. The van der Waals surface area contributed by atoms with Crippen molar-refractivity contribution in [3.63, 3.8) is 0 Å². The summed E-state index contributed by atoms with van der Waals surface area (Å²) in [6, 6.07) is 4.12. The molecular weight excluding hydrogens is 229 g/mol. The second kappa shape index (κ2) is 4.14. The zero-order valence-corrected chi connectivity index (χ0v) is 8.96. The van der Waals surface area contributed by atoms with Gasteiger partial charge in [0.2, 0.25) is 0 Å². The lowest BCUT2D eigenvalue weighted by molar-refractivity contribution is -0.155. The number of halogens is 1. The molecule has 1 N–H and O–H groups in total. The molecule has 0 unspecified atom stereocenters. The van der Waals surface area contributed by atoms with E-state index in [4.69, 9.17) is 9.84 Å². The summed E-state index contributed by atoms with van der Waals surface area (Å²) >= 11 is 0. The van der Waals surface area contributed by atoms with E-state index in [1.165, 1.54) is 25.3 Å². The lowest BCUT2D eigenvalue weighted by Gasteiger charge is -2.43. The number of rotatable bonds is 3. The second-order valence-electron chi connectivity index (χ2n) is 3.63. The Morgan fingerprint density at radius 3 is 2.76 bits per heavy atom. The number of carbonyl (C=O) groups excluding carboxylic acids is 1. The third-order valence-corrected chi connectivity index (χ3v) is 2.64. The second-order valence-corrected chi connectivity index (χ2v) is 3.63. The van der Waals surface area contributed by atoms with E-state index in [1.807, 2.05) is 0 Å². The molecular formula is C11H10FNO4. The van der Waals surface area contributed by atoms with Crippen LogP contribution < -0.4 is 4.90 Å². The SMILES string of the molecule is CO[C@@H]1C(=O)N(c2cccc(F)c2)[C@@H]1C(=O)O. The van der Waals surface area contributed by atoms with Crippen molar-refractivity contribution in [2.24, 2.45) is 0 Å². The molecule has 6 heteroatoms. The Morgan fingerprint density at radius 1 is 1.53 bits per heavy atom. The summed E-state index contributed by atoms with van der Waals surface area (Å²) in [5.41, 5.74) is 0.218. The van der Waals surface area contributed by atoms with E-state index in [9.17, 15) is 14.0 Å². The van der Waals surface area contributed by atoms with Crippen molar-refractivity contribution in [1.29, 1.82) is 0 Å². The zero-order chi connectivity index (χ0) is 12.6. The van der Waals surface area contributed by atoms with Crippen molar-refractivity contribution in [2.45, 2.75) is 12.1 Å². The number of hydrogen-bond donors (Lipinski definition) is 1. The van der Waals surface area contributed by atoms with Gasteiger partial charge in [-0.1, -0.05) is 6.07 Å². The molecule has 1 aliphatic rings. The minimum absolute atomic E-state index is 0.218. The van der Waals surface area contributed by atoms with E-state index in [0.717, 1.165) is 11.0 Å². The highest BCUT2D eigenvalue weighted by Gasteiger charge is 2.53. The number of ether oxygens (including phenoxy) is 1. The van der Waals surface area contributed by atoms with Gasteiger partial charge in [-0.2, -0.15) is 0 Å². The van der Waals surface area contributed by atoms with Crippen LogP contribution in [0, 0.1) is 5.82 Å². The molecule has 0 aromatic heterocycles. The van der Waals surface area contributed by atoms with Crippen LogP contribution in [0.25, 0.3) is 0 Å². The van der Waals surface area contributed by atoms with E-state index in [2.05, 4.69) is 0 Å². The van der Waals surface area contributed by atoms with Gasteiger partial charge in [-0.05, 0) is 18.2 Å². The third-order valence-electron chi connectivity index (χ3n) is 2.64. The van der Waals surface area contributed by atoms with Crippen molar-refractivity contribution in [1.82, 2.24) is 0 Å². The standard InChI is InChI=1S/C11H10FNO4/c1-17-9-8(11(15)16)13(10(9)14)7-4-2-3-6(12)5-7/h2-5,8-9H,1H3,(H,15,16)/t8-,9-/m0/s1. The van der Waals surface area contributed by atoms with E-state index in [-0.39, 0.29) is 5.69 Å². The van der Waals surface area contributed by atoms with Crippen molar-refractivity contribution in [3.8, 4) is 0 Å². The minimum atomic E-state index is -1.18. The molecule has 1 amide bonds. The van der Waals surface area contributed by atoms with Gasteiger partial charge in [-0.3, -0.25) is 9.69 Å². The molecule has 1 aromatic rings. The Morgan fingerprint density at radius 2 is 2.24 bits per heavy atom. The molecule has 0 spiro atoms. The molecule has 1 aliphatic heterocycles. The average molecular weight is 239 g/mol. The maximum absolute atomic E-state index is 13.0. The summed E-state index contributed by atoms with van der Waals surface area (Å²) in [7, 11) is 1.27. The molecule has 0 aliphatic carbocycles. The lowest BCUT2D eigenvalue weighted by Crippen LogP contribution is -2.69. The van der Waals surface area contributed by atoms with Gasteiger partial charge in [-0.25, -0.2) is 9.18 Å². The predicted octanol–water partition coefficient (Wildman–Crippen LogP) is 0.641. The number of carbonyl (C=O) groups is 2. The maximum Gasteiger partial charge on any atom is 0.330 e. The fourth-order valence-electron chi connectivity index (χ4n) is 1.85. The molecule has 1 aromatic carbocycles. The van der Waals surface area contributed by atoms with Gasteiger partial charge in [0.15, 0.2) is 12.1 Å². The van der Waals surface area contributed by atoms with Crippen LogP contribution in [0.4, 0.5) is 10.1 Å². The van der Waals surface area contributed by atoms with Gasteiger partial charge < -0.3 is 9.84 Å². The normalized spacial score (nSPS) is 23.4. The van der Waals surface area contributed by atoms with Crippen LogP contribution in [0.5, 0.6) is 0 Å². The average Bonchev–Trinajstić information content (AvgIpc) is 2.26. The Labute approximate surface area is 96.4 Å². The van der Waals surface area contributed by atoms with Gasteiger partial charge in [0.1, 0.15) is 5.82 Å². The quantitative estimate of drug-likeness (QED) is 0.786. The number of carboxylic acid groups (broad SMARTS) is 1. The van der Waals surface area contributed by atoms with Crippen molar-refractivity contribution in [2.75, 3.05) is 12.0 Å². The fourth-order valence-corrected chi connectivity index (χ4v) is 1.85. The molecule has 0 saturated carbocycles. The lowest BCUT2D eigenvalue weighted by atomic mass is 9.96. The molecule has 1 heterocycles. The van der Waals surface area contributed by atoms with E-state index in [0.29, 0.717) is 0 Å². The summed E-state index contributed by atoms with van der Waals surface area (Å²) in [4.78, 5) is 23.6. The number of carboxylic acids is 1. The third kappa shape index (κ3) is 1.76. The largest absolute Gasteiger partial charge is 0.480 e. The Balaban J connectivity index is 2.32. The number of amides is 1. The Kier molecular flexibility index (Phi) is 2.81. The van der Waals surface area contributed by atoms with Crippen LogP contribution in [0.2, 0.25) is 0 Å². The summed E-state index contributed by atoms with van der Waals surface area (Å²) in [6.07, 6.45) is -1.00. The van der Waals surface area contributed by atoms with Crippen molar-refractivity contribution >= 4 is 17.6 Å². The van der Waals surface area contributed by atoms with Crippen LogP contribution >= 0.6 is 0 Å². The molecule has 17 heavy (non-hydrogen) atoms. The van der Waals surface area contributed by atoms with E-state index in [1.54, 1.807) is 0 Å². The Hall–Kier alpha value is -1.95. The molecule has 1 saturated heterocycles. The molecule has 2 atom stereocenters. The summed E-state index contributed by atoms with van der Waals surface area (Å²) in [5.74, 6) is -2.19. The van der Waals surface area contributed by atoms with Gasteiger partial charge in [0.05, 0.1) is 0 Å². The van der Waals surface area contributed by atoms with Crippen molar-refractivity contribution in [3.05, 3.63) is 30.1 Å². The number of β-lactam (4-membered cyclic amide) rings is 1. The summed E-state index contributed by atoms with van der Waals surface area (Å²) in [5, 5.41) is 8.99. The zero-order valence-electron chi connectivity index (χ0n) is 8.96. The number of aliphatic carboxylic acids is 1. The van der Waals surface area contributed by atoms with E-state index >= 15 is 0 Å². The highest BCUT2D eigenvalue weighted by Crippen LogP contribution is 2.30. The molecule has 2 rings (SSSR count). The number of benzene rings is 1. The van der Waals surface area contributed by atoms with Crippen LogP contribution in [0.15, 0.2) is 24.3 Å². The number of nitrogens with zero attached hydrogens (tertiary/aromatic N) is 1. The topological polar surface area (TPSA) is 66.8 Å². The fraction of sp³-hybridized carbons (Fsp3) is 0.273. The monoisotopic (exact) mass is 239 g/mol. The summed E-state index contributed by atoms with van der Waals surface area (Å²) < 4.78 is 17.8. The maximum atomic E-state index is 13.0. The number of methoxy groups -OCH3 is 1.